The van der Waals surface area contributed by atoms with Crippen molar-refractivity contribution in [3.8, 4) is 0 Å². The number of likely N-dealkylation sites (N-methyl/N-ethyl adjacent to an activating group) is 1. The molecule has 506 valence electrons. The van der Waals surface area contributed by atoms with E-state index in [1.807, 2.05) is 21.1 Å². The summed E-state index contributed by atoms with van der Waals surface area (Å²) < 4.78 is 34.8. The van der Waals surface area contributed by atoms with E-state index in [1.165, 1.54) is 295 Å². The van der Waals surface area contributed by atoms with Crippen LogP contribution in [0.15, 0.2) is 48.6 Å². The van der Waals surface area contributed by atoms with E-state index in [9.17, 15) is 19.0 Å². The molecular formula is C76H145NO8P+. The van der Waals surface area contributed by atoms with Crippen LogP contribution in [-0.4, -0.2) is 74.9 Å². The van der Waals surface area contributed by atoms with Crippen LogP contribution in [0.4, 0.5) is 0 Å². The van der Waals surface area contributed by atoms with Gasteiger partial charge in [0.2, 0.25) is 0 Å². The number of ether oxygens (including phenoxy) is 2. The summed E-state index contributed by atoms with van der Waals surface area (Å²) in [5.41, 5.74) is 0. The molecule has 0 aliphatic carbocycles. The van der Waals surface area contributed by atoms with Gasteiger partial charge in [0, 0.05) is 12.8 Å². The second-order valence-electron chi connectivity index (χ2n) is 26.7. The van der Waals surface area contributed by atoms with Gasteiger partial charge in [-0.25, -0.2) is 4.57 Å². The molecule has 2 unspecified atom stereocenters. The normalized spacial score (nSPS) is 13.3. The van der Waals surface area contributed by atoms with Gasteiger partial charge < -0.3 is 18.9 Å². The van der Waals surface area contributed by atoms with Crippen LogP contribution in [-0.2, 0) is 32.7 Å². The fourth-order valence-electron chi connectivity index (χ4n) is 11.1. The lowest BCUT2D eigenvalue weighted by molar-refractivity contribution is -0.870. The van der Waals surface area contributed by atoms with Crippen molar-refractivity contribution in [2.45, 2.75) is 380 Å². The quantitative estimate of drug-likeness (QED) is 0.0211. The van der Waals surface area contributed by atoms with Gasteiger partial charge in [-0.15, -0.1) is 0 Å². The number of hydrogen-bond acceptors (Lipinski definition) is 7. The molecule has 0 bridgehead atoms. The average molecular weight is 1230 g/mol. The standard InChI is InChI=1S/C76H144NO8P/c1-6-8-10-12-14-16-18-20-22-24-26-28-30-32-33-34-35-36-37-38-39-40-41-42-43-45-47-49-51-53-55-57-59-61-63-65-67-69-76(79)85-74(73-84-86(80,81)83-71-70-77(3,4)5)72-82-75(78)68-66-64-62-60-58-56-54-52-50-48-46-44-31-29-27-25-23-21-19-17-15-13-11-9-7-2/h18-21,24-27,74H,6-17,22-23,28-73H2,1-5H3/p+1/b20-18-,21-19-,26-24-,27-25-. The minimum Gasteiger partial charge on any atom is -0.462 e. The van der Waals surface area contributed by atoms with Crippen LogP contribution < -0.4 is 0 Å². The molecule has 0 heterocycles. The van der Waals surface area contributed by atoms with Crippen molar-refractivity contribution in [1.29, 1.82) is 0 Å². The van der Waals surface area contributed by atoms with Gasteiger partial charge >= 0.3 is 19.8 Å². The van der Waals surface area contributed by atoms with Gasteiger partial charge in [-0.05, 0) is 77.0 Å². The molecule has 0 saturated heterocycles. The molecular weight excluding hydrogens is 1090 g/mol. The number of phosphoric acid groups is 1. The van der Waals surface area contributed by atoms with Gasteiger partial charge in [-0.1, -0.05) is 332 Å². The zero-order valence-electron chi connectivity index (χ0n) is 57.8. The lowest BCUT2D eigenvalue weighted by Gasteiger charge is -2.24. The molecule has 0 rings (SSSR count). The predicted molar refractivity (Wildman–Crippen MR) is 372 cm³/mol. The number of hydrogen-bond donors (Lipinski definition) is 1. The van der Waals surface area contributed by atoms with Crippen LogP contribution in [0, 0.1) is 0 Å². The average Bonchev–Trinajstić information content (AvgIpc) is 3.67. The number of allylic oxidation sites excluding steroid dienone is 8. The summed E-state index contributed by atoms with van der Waals surface area (Å²) in [5.74, 6) is -0.778. The number of quaternary nitrogens is 1. The number of unbranched alkanes of at least 4 members (excludes halogenated alkanes) is 48. The fraction of sp³-hybridized carbons (Fsp3) is 0.868. The minimum atomic E-state index is -4.39. The molecule has 9 nitrogen and oxygen atoms in total. The van der Waals surface area contributed by atoms with Crippen LogP contribution in [0.3, 0.4) is 0 Å². The van der Waals surface area contributed by atoms with E-state index < -0.39 is 26.5 Å². The molecule has 86 heavy (non-hydrogen) atoms. The summed E-state index contributed by atoms with van der Waals surface area (Å²) in [6, 6.07) is 0. The second-order valence-corrected chi connectivity index (χ2v) is 28.1. The molecule has 10 heteroatoms. The lowest BCUT2D eigenvalue weighted by Crippen LogP contribution is -2.37. The van der Waals surface area contributed by atoms with E-state index in [0.29, 0.717) is 23.9 Å². The van der Waals surface area contributed by atoms with Crippen molar-refractivity contribution >= 4 is 19.8 Å². The number of phosphoric ester groups is 1. The summed E-state index contributed by atoms with van der Waals surface area (Å²) in [6.45, 7) is 4.48. The van der Waals surface area contributed by atoms with E-state index >= 15 is 0 Å². The number of carbonyl (C=O) groups excluding carboxylic acids is 2. The highest BCUT2D eigenvalue weighted by Gasteiger charge is 2.27. The van der Waals surface area contributed by atoms with E-state index in [-0.39, 0.29) is 25.6 Å². The van der Waals surface area contributed by atoms with Gasteiger partial charge in [-0.3, -0.25) is 18.6 Å². The molecule has 0 aliphatic heterocycles. The molecule has 0 spiro atoms. The first-order valence-electron chi connectivity index (χ1n) is 37.4. The van der Waals surface area contributed by atoms with Crippen molar-refractivity contribution in [2.75, 3.05) is 47.5 Å². The lowest BCUT2D eigenvalue weighted by atomic mass is 10.0. The number of rotatable bonds is 70. The van der Waals surface area contributed by atoms with E-state index in [2.05, 4.69) is 62.5 Å². The Hall–Kier alpha value is -2.03. The van der Waals surface area contributed by atoms with Crippen molar-refractivity contribution in [3.63, 3.8) is 0 Å². The zero-order chi connectivity index (χ0) is 62.6. The summed E-state index contributed by atoms with van der Waals surface area (Å²) in [4.78, 5) is 35.9. The van der Waals surface area contributed by atoms with E-state index in [4.69, 9.17) is 18.5 Å². The Balaban J connectivity index is 3.94. The van der Waals surface area contributed by atoms with Crippen molar-refractivity contribution in [3.05, 3.63) is 48.6 Å². The largest absolute Gasteiger partial charge is 0.472 e. The highest BCUT2D eigenvalue weighted by molar-refractivity contribution is 7.47. The van der Waals surface area contributed by atoms with Crippen molar-refractivity contribution < 1.29 is 42.1 Å². The van der Waals surface area contributed by atoms with Gasteiger partial charge in [0.1, 0.15) is 19.8 Å². The van der Waals surface area contributed by atoms with Crippen molar-refractivity contribution in [1.82, 2.24) is 0 Å². The summed E-state index contributed by atoms with van der Waals surface area (Å²) in [6.07, 6.45) is 88.1. The molecule has 0 aromatic carbocycles. The zero-order valence-corrected chi connectivity index (χ0v) is 58.7. The summed E-state index contributed by atoms with van der Waals surface area (Å²) in [7, 11) is 1.49. The van der Waals surface area contributed by atoms with Crippen LogP contribution >= 0.6 is 7.82 Å². The Labute approximate surface area is 534 Å². The third-order valence-electron chi connectivity index (χ3n) is 16.8. The molecule has 0 fully saturated rings. The molecule has 1 N–H and O–H groups in total. The minimum absolute atomic E-state index is 0.0336. The topological polar surface area (TPSA) is 108 Å². The maximum absolute atomic E-state index is 12.9. The molecule has 0 aromatic rings. The van der Waals surface area contributed by atoms with Gasteiger partial charge in [0.15, 0.2) is 6.10 Å². The molecule has 2 atom stereocenters. The molecule has 0 radical (unpaired) electrons. The molecule has 0 aliphatic rings. The Bertz CT molecular complexity index is 1590. The van der Waals surface area contributed by atoms with E-state index in [1.54, 1.807) is 0 Å². The molecule has 0 saturated carbocycles. The van der Waals surface area contributed by atoms with Crippen LogP contribution in [0.25, 0.3) is 0 Å². The Kier molecular flexibility index (Phi) is 65.8. The third kappa shape index (κ3) is 71.1. The Morgan fingerprint density at radius 1 is 0.360 bits per heavy atom. The summed E-state index contributed by atoms with van der Waals surface area (Å²) in [5, 5.41) is 0. The first-order valence-corrected chi connectivity index (χ1v) is 38.9. The molecule has 0 aromatic heterocycles. The van der Waals surface area contributed by atoms with Crippen LogP contribution in [0.2, 0.25) is 0 Å². The highest BCUT2D eigenvalue weighted by Crippen LogP contribution is 2.43. The predicted octanol–water partition coefficient (Wildman–Crippen LogP) is 24.4. The van der Waals surface area contributed by atoms with Crippen LogP contribution in [0.1, 0.15) is 373 Å². The van der Waals surface area contributed by atoms with Crippen LogP contribution in [0.5, 0.6) is 0 Å². The summed E-state index contributed by atoms with van der Waals surface area (Å²) >= 11 is 0. The smallest absolute Gasteiger partial charge is 0.462 e. The maximum atomic E-state index is 12.9. The maximum Gasteiger partial charge on any atom is 0.472 e. The first-order chi connectivity index (χ1) is 42.0. The monoisotopic (exact) mass is 1230 g/mol. The van der Waals surface area contributed by atoms with Gasteiger partial charge in [-0.2, -0.15) is 0 Å². The SMILES string of the molecule is CCCCCCC/C=C\C/C=C\CCCCCCCCCCCCCCCCCCCCCCCCCCCC(=O)OC(COC(=O)CCCCCCCCCCCCCCC/C=C\C/C=C\CCCCCCC)COP(=O)(O)OCC[N+](C)(C)C. The Morgan fingerprint density at radius 2 is 0.628 bits per heavy atom. The third-order valence-corrected chi connectivity index (χ3v) is 17.8. The number of esters is 2. The van der Waals surface area contributed by atoms with Gasteiger partial charge in [0.05, 0.1) is 27.7 Å². The number of carbonyl (C=O) groups is 2. The van der Waals surface area contributed by atoms with E-state index in [0.717, 1.165) is 44.9 Å². The first kappa shape index (κ1) is 84.0. The Morgan fingerprint density at radius 3 is 0.919 bits per heavy atom. The molecule has 0 amide bonds. The van der Waals surface area contributed by atoms with Crippen molar-refractivity contribution in [2.24, 2.45) is 0 Å². The fourth-order valence-corrected chi connectivity index (χ4v) is 11.8. The second kappa shape index (κ2) is 67.4. The highest BCUT2D eigenvalue weighted by atomic mass is 31.2. The number of nitrogens with zero attached hydrogens (tertiary/aromatic N) is 1. The van der Waals surface area contributed by atoms with Gasteiger partial charge in [0.25, 0.3) is 0 Å².